The Bertz CT molecular complexity index is 1350. The summed E-state index contributed by atoms with van der Waals surface area (Å²) in [6.45, 7) is 4.24. The number of nitrogens with one attached hydrogen (secondary N) is 1. The molecule has 0 saturated carbocycles. The van der Waals surface area contributed by atoms with E-state index in [4.69, 9.17) is 10.8 Å². The number of carbonyl (C=O) groups excluding carboxylic acids is 2. The second-order valence-electron chi connectivity index (χ2n) is 8.34. The number of allylic oxidation sites excluding steroid dienone is 1. The van der Waals surface area contributed by atoms with Gasteiger partial charge in [0, 0.05) is 24.4 Å². The Labute approximate surface area is 201 Å². The van der Waals surface area contributed by atoms with Crippen LogP contribution in [0.15, 0.2) is 89.0 Å². The van der Waals surface area contributed by atoms with Crippen LogP contribution in [0, 0.1) is 5.82 Å². The highest BCUT2D eigenvalue weighted by atomic mass is 19.1. The van der Waals surface area contributed by atoms with Gasteiger partial charge in [0.1, 0.15) is 23.5 Å². The van der Waals surface area contributed by atoms with Crippen molar-refractivity contribution in [3.8, 4) is 0 Å². The molecule has 0 radical (unpaired) electrons. The molecule has 35 heavy (non-hydrogen) atoms. The fourth-order valence-corrected chi connectivity index (χ4v) is 4.52. The maximum Gasteiger partial charge on any atom is 0.264 e. The molecule has 0 aliphatic carbocycles. The Balaban J connectivity index is 1.44. The van der Waals surface area contributed by atoms with E-state index < -0.39 is 11.7 Å². The number of halogens is 1. The molecule has 2 atom stereocenters. The van der Waals surface area contributed by atoms with Gasteiger partial charge in [0.05, 0.1) is 24.0 Å². The summed E-state index contributed by atoms with van der Waals surface area (Å²) in [7, 11) is 0. The third kappa shape index (κ3) is 3.98. The summed E-state index contributed by atoms with van der Waals surface area (Å²) in [6, 6.07) is 8.90. The van der Waals surface area contributed by atoms with Crippen molar-refractivity contribution < 1.29 is 18.6 Å². The van der Waals surface area contributed by atoms with E-state index in [0.717, 1.165) is 18.9 Å². The van der Waals surface area contributed by atoms with Gasteiger partial charge >= 0.3 is 0 Å². The molecule has 1 aromatic carbocycles. The van der Waals surface area contributed by atoms with Crippen molar-refractivity contribution >= 4 is 29.7 Å². The maximum absolute atomic E-state index is 13.4. The molecule has 4 heterocycles. The highest BCUT2D eigenvalue weighted by molar-refractivity contribution is 6.05. The molecule has 2 aromatic rings. The summed E-state index contributed by atoms with van der Waals surface area (Å²) in [4.78, 5) is 39.8. The van der Waals surface area contributed by atoms with Gasteiger partial charge in [-0.25, -0.2) is 9.37 Å². The van der Waals surface area contributed by atoms with Crippen LogP contribution in [0.3, 0.4) is 0 Å². The topological polar surface area (TPSA) is 113 Å². The van der Waals surface area contributed by atoms with Gasteiger partial charge in [-0.05, 0) is 49.2 Å². The molecule has 3 aliphatic rings. The van der Waals surface area contributed by atoms with E-state index in [0.29, 0.717) is 34.9 Å². The van der Waals surface area contributed by atoms with E-state index in [1.54, 1.807) is 47.8 Å². The lowest BCUT2D eigenvalue weighted by Crippen LogP contribution is -2.53. The first kappa shape index (κ1) is 22.5. The predicted octanol–water partition coefficient (Wildman–Crippen LogP) is 2.87. The molecule has 176 valence electrons. The number of nitrogens with zero attached hydrogens (tertiary/aromatic N) is 5. The number of benzene rings is 1. The number of hydrogen-bond donors (Lipinski definition) is 2. The number of pyridine rings is 1. The zero-order valence-corrected chi connectivity index (χ0v) is 18.8. The Morgan fingerprint density at radius 2 is 2.06 bits per heavy atom. The molecule has 0 bridgehead atoms. The number of hydrogen-bond acceptors (Lipinski definition) is 6. The predicted molar refractivity (Wildman–Crippen MR) is 129 cm³/mol. The summed E-state index contributed by atoms with van der Waals surface area (Å²) >= 11 is 0. The van der Waals surface area contributed by atoms with Crippen LogP contribution in [0.25, 0.3) is 0 Å². The van der Waals surface area contributed by atoms with Crippen LogP contribution in [0.1, 0.15) is 28.8 Å². The minimum atomic E-state index is -0.491. The van der Waals surface area contributed by atoms with Gasteiger partial charge < -0.3 is 10.2 Å². The second kappa shape index (κ2) is 8.82. The van der Waals surface area contributed by atoms with Gasteiger partial charge in [-0.1, -0.05) is 6.58 Å². The number of amides is 2. The minimum Gasteiger partial charge on any atom is -0.330 e. The van der Waals surface area contributed by atoms with Crippen LogP contribution in [0.5, 0.6) is 0 Å². The molecule has 1 aromatic heterocycles. The first-order chi connectivity index (χ1) is 16.9. The first-order valence-corrected chi connectivity index (χ1v) is 11.1. The fraction of sp³-hybridized carbons (Fsp3) is 0.160. The Morgan fingerprint density at radius 3 is 2.80 bits per heavy atom. The van der Waals surface area contributed by atoms with Gasteiger partial charge in [0.2, 0.25) is 11.6 Å². The Morgan fingerprint density at radius 1 is 1.26 bits per heavy atom. The lowest BCUT2D eigenvalue weighted by molar-refractivity contribution is -0.750. The van der Waals surface area contributed by atoms with Crippen molar-refractivity contribution in [3.63, 3.8) is 0 Å². The van der Waals surface area contributed by atoms with Gasteiger partial charge in [0.15, 0.2) is 0 Å². The summed E-state index contributed by atoms with van der Waals surface area (Å²) in [6.07, 6.45) is 9.22. The zero-order valence-electron chi connectivity index (χ0n) is 18.8. The molecule has 2 unspecified atom stereocenters. The van der Waals surface area contributed by atoms with E-state index in [9.17, 15) is 14.0 Å². The SMILES string of the molecule is C=CC(=O)N1CCCC1C1=C2C=NC=C[N+]2(N)C(c2ccc(C(=O)Nc3cc(F)ccn3)cc2)=N1. The number of nitrogens with two attached hydrogens (primary N) is 1. The molecule has 2 amide bonds. The Kier molecular flexibility index (Phi) is 5.67. The van der Waals surface area contributed by atoms with Crippen LogP contribution in [0.2, 0.25) is 0 Å². The third-order valence-corrected chi connectivity index (χ3v) is 6.22. The quantitative estimate of drug-likeness (QED) is 0.396. The van der Waals surface area contributed by atoms with E-state index in [1.165, 1.54) is 18.3 Å². The number of quaternary nitrogens is 1. The molecule has 3 aliphatic heterocycles. The summed E-state index contributed by atoms with van der Waals surface area (Å²) in [5.74, 6) is 6.40. The number of carbonyl (C=O) groups is 2. The average molecular weight is 473 g/mol. The van der Waals surface area contributed by atoms with Gasteiger partial charge in [0.25, 0.3) is 11.7 Å². The molecule has 1 fully saturated rings. The lowest BCUT2D eigenvalue weighted by Gasteiger charge is -2.27. The summed E-state index contributed by atoms with van der Waals surface area (Å²) in [5.41, 5.74) is 2.46. The van der Waals surface area contributed by atoms with Crippen molar-refractivity contribution in [2.75, 3.05) is 11.9 Å². The lowest BCUT2D eigenvalue weighted by atomic mass is 10.1. The number of anilines is 1. The van der Waals surface area contributed by atoms with E-state index >= 15 is 0 Å². The molecule has 3 N–H and O–H groups in total. The Hall–Kier alpha value is -4.28. The molecule has 5 rings (SSSR count). The molecule has 1 saturated heterocycles. The smallest absolute Gasteiger partial charge is 0.264 e. The standard InChI is InChI=1S/C25H22FN7O2/c1-2-22(34)32-12-3-4-19(32)23-20-15-28-11-13-33(20,27)24(31-23)16-5-7-17(8-6-16)25(35)30-21-14-18(26)9-10-29-21/h2,5-11,13-15,19H,1,3-4,12,27H2/p+1. The van der Waals surface area contributed by atoms with Crippen LogP contribution in [-0.4, -0.2) is 50.9 Å². The number of fused-ring (bicyclic) bond motifs is 1. The number of likely N-dealkylation sites (tertiary alicyclic amines) is 1. The van der Waals surface area contributed by atoms with Gasteiger partial charge in [-0.2, -0.15) is 10.8 Å². The van der Waals surface area contributed by atoms with Crippen molar-refractivity contribution in [1.82, 2.24) is 9.88 Å². The van der Waals surface area contributed by atoms with E-state index in [1.807, 2.05) is 0 Å². The summed E-state index contributed by atoms with van der Waals surface area (Å²) in [5, 5.41) is 2.57. The highest BCUT2D eigenvalue weighted by Gasteiger charge is 2.47. The van der Waals surface area contributed by atoms with Crippen LogP contribution in [-0.2, 0) is 4.79 Å². The number of rotatable bonds is 5. The van der Waals surface area contributed by atoms with Gasteiger partial charge in [-0.15, -0.1) is 4.59 Å². The van der Waals surface area contributed by atoms with Crippen molar-refractivity contribution in [2.45, 2.75) is 18.9 Å². The monoisotopic (exact) mass is 472 g/mol. The minimum absolute atomic E-state index is 0.122. The molecular weight excluding hydrogens is 449 g/mol. The van der Waals surface area contributed by atoms with Crippen LogP contribution in [0.4, 0.5) is 10.2 Å². The van der Waals surface area contributed by atoms with E-state index in [-0.39, 0.29) is 22.4 Å². The largest absolute Gasteiger partial charge is 0.330 e. The van der Waals surface area contributed by atoms with Crippen LogP contribution >= 0.6 is 0 Å². The molecular formula is C25H23FN7O2+. The number of aromatic nitrogens is 1. The highest BCUT2D eigenvalue weighted by Crippen LogP contribution is 2.37. The normalized spacial score (nSPS) is 22.7. The molecule has 0 spiro atoms. The van der Waals surface area contributed by atoms with Gasteiger partial charge in [-0.3, -0.25) is 14.6 Å². The number of amidine groups is 1. The average Bonchev–Trinajstić information content (AvgIpc) is 3.46. The summed E-state index contributed by atoms with van der Waals surface area (Å²) < 4.78 is 13.2. The molecule has 9 nitrogen and oxygen atoms in total. The number of aliphatic imine (C=N–C) groups is 2. The fourth-order valence-electron chi connectivity index (χ4n) is 4.52. The van der Waals surface area contributed by atoms with E-state index in [2.05, 4.69) is 21.9 Å². The first-order valence-electron chi connectivity index (χ1n) is 11.1. The van der Waals surface area contributed by atoms with Crippen LogP contribution < -0.4 is 11.2 Å². The van der Waals surface area contributed by atoms with Crippen molar-refractivity contribution in [2.24, 2.45) is 15.8 Å². The third-order valence-electron chi connectivity index (χ3n) is 6.22. The van der Waals surface area contributed by atoms with Crippen molar-refractivity contribution in [3.05, 3.63) is 96.0 Å². The maximum atomic E-state index is 13.4. The molecule has 10 heteroatoms. The zero-order chi connectivity index (χ0) is 24.6. The van der Waals surface area contributed by atoms with Crippen molar-refractivity contribution in [1.29, 1.82) is 0 Å². The second-order valence-corrected chi connectivity index (χ2v) is 8.34.